The van der Waals surface area contributed by atoms with Gasteiger partial charge in [0.15, 0.2) is 0 Å². The van der Waals surface area contributed by atoms with Gasteiger partial charge in [0.1, 0.15) is 5.75 Å². The molecule has 1 unspecified atom stereocenters. The van der Waals surface area contributed by atoms with Gasteiger partial charge in [0.05, 0.1) is 6.26 Å². The highest BCUT2D eigenvalue weighted by Crippen LogP contribution is 2.19. The first-order valence-corrected chi connectivity index (χ1v) is 9.86. The van der Waals surface area contributed by atoms with E-state index in [0.29, 0.717) is 13.0 Å². The molecule has 1 aromatic carbocycles. The average molecular weight is 341 g/mol. The van der Waals surface area contributed by atoms with Gasteiger partial charge in [0.2, 0.25) is 5.91 Å². The van der Waals surface area contributed by atoms with Gasteiger partial charge in [-0.2, -0.15) is 8.42 Å². The third-order valence-electron chi connectivity index (χ3n) is 3.69. The van der Waals surface area contributed by atoms with Crippen molar-refractivity contribution < 1.29 is 17.4 Å². The van der Waals surface area contributed by atoms with Crippen molar-refractivity contribution in [2.45, 2.75) is 59.0 Å². The molecule has 0 aliphatic rings. The van der Waals surface area contributed by atoms with E-state index in [1.807, 2.05) is 24.8 Å². The molecule has 0 aromatic heterocycles. The van der Waals surface area contributed by atoms with Gasteiger partial charge in [-0.3, -0.25) is 4.79 Å². The number of rotatable bonds is 9. The first-order chi connectivity index (χ1) is 10.8. The van der Waals surface area contributed by atoms with Gasteiger partial charge in [0, 0.05) is 19.0 Å². The summed E-state index contributed by atoms with van der Waals surface area (Å²) in [6.45, 7) is 6.60. The summed E-state index contributed by atoms with van der Waals surface area (Å²) in [7, 11) is -3.55. The Labute approximate surface area is 139 Å². The van der Waals surface area contributed by atoms with Crippen molar-refractivity contribution in [3.63, 3.8) is 0 Å². The van der Waals surface area contributed by atoms with Crippen LogP contribution in [0.5, 0.6) is 5.75 Å². The predicted molar refractivity (Wildman–Crippen MR) is 91.7 cm³/mol. The van der Waals surface area contributed by atoms with Crippen LogP contribution >= 0.6 is 0 Å². The third kappa shape index (κ3) is 7.03. The standard InChI is InChI=1S/C17H27NO4S/c1-5-7-11-17(19)18(14(3)6-2)13-15-9-8-10-16(12-15)22-23(4,20)21/h8-10,12,14H,5-7,11,13H2,1-4H3. The lowest BCUT2D eigenvalue weighted by Crippen LogP contribution is -2.37. The van der Waals surface area contributed by atoms with Gasteiger partial charge in [-0.1, -0.05) is 32.4 Å². The smallest absolute Gasteiger partial charge is 0.306 e. The number of benzene rings is 1. The molecular formula is C17H27NO4S. The minimum atomic E-state index is -3.55. The molecule has 0 bridgehead atoms. The molecule has 0 saturated heterocycles. The molecule has 0 fully saturated rings. The van der Waals surface area contributed by atoms with Crippen LogP contribution in [0.25, 0.3) is 0 Å². The van der Waals surface area contributed by atoms with Crippen LogP contribution < -0.4 is 4.18 Å². The zero-order chi connectivity index (χ0) is 17.5. The lowest BCUT2D eigenvalue weighted by atomic mass is 10.1. The summed E-state index contributed by atoms with van der Waals surface area (Å²) < 4.78 is 27.4. The van der Waals surface area contributed by atoms with E-state index in [1.54, 1.807) is 18.2 Å². The minimum absolute atomic E-state index is 0.135. The molecule has 0 radical (unpaired) electrons. The quantitative estimate of drug-likeness (QED) is 0.646. The highest BCUT2D eigenvalue weighted by molar-refractivity contribution is 7.86. The molecule has 0 N–H and O–H groups in total. The summed E-state index contributed by atoms with van der Waals surface area (Å²) in [5.41, 5.74) is 0.858. The van der Waals surface area contributed by atoms with Crippen LogP contribution in [0.3, 0.4) is 0 Å². The van der Waals surface area contributed by atoms with Crippen molar-refractivity contribution >= 4 is 16.0 Å². The summed E-state index contributed by atoms with van der Waals surface area (Å²) in [5, 5.41) is 0. The molecule has 1 rings (SSSR count). The molecule has 0 aliphatic heterocycles. The summed E-state index contributed by atoms with van der Waals surface area (Å²) in [6, 6.07) is 7.01. The van der Waals surface area contributed by atoms with Gasteiger partial charge in [-0.25, -0.2) is 0 Å². The van der Waals surface area contributed by atoms with E-state index in [-0.39, 0.29) is 17.7 Å². The van der Waals surface area contributed by atoms with Gasteiger partial charge in [0.25, 0.3) is 0 Å². The maximum absolute atomic E-state index is 12.4. The molecule has 0 heterocycles. The second-order valence-electron chi connectivity index (χ2n) is 5.82. The van der Waals surface area contributed by atoms with Crippen LogP contribution in [0.4, 0.5) is 0 Å². The fourth-order valence-electron chi connectivity index (χ4n) is 2.25. The zero-order valence-corrected chi connectivity index (χ0v) is 15.2. The lowest BCUT2D eigenvalue weighted by Gasteiger charge is -2.29. The molecule has 1 aromatic rings. The Bertz CT molecular complexity index is 613. The van der Waals surface area contributed by atoms with Crippen molar-refractivity contribution in [2.75, 3.05) is 6.26 Å². The topological polar surface area (TPSA) is 63.7 Å². The van der Waals surface area contributed by atoms with E-state index in [0.717, 1.165) is 31.1 Å². The Hall–Kier alpha value is -1.56. The van der Waals surface area contributed by atoms with Gasteiger partial charge < -0.3 is 9.08 Å². The van der Waals surface area contributed by atoms with Crippen LogP contribution in [0, 0.1) is 0 Å². The van der Waals surface area contributed by atoms with E-state index in [4.69, 9.17) is 4.18 Å². The van der Waals surface area contributed by atoms with E-state index >= 15 is 0 Å². The van der Waals surface area contributed by atoms with Crippen LogP contribution in [0.2, 0.25) is 0 Å². The Morgan fingerprint density at radius 1 is 1.30 bits per heavy atom. The normalized spacial score (nSPS) is 12.7. The van der Waals surface area contributed by atoms with Crippen molar-refractivity contribution in [3.8, 4) is 5.75 Å². The molecule has 23 heavy (non-hydrogen) atoms. The zero-order valence-electron chi connectivity index (χ0n) is 14.4. The third-order valence-corrected chi connectivity index (χ3v) is 4.18. The number of unbranched alkanes of at least 4 members (excludes halogenated alkanes) is 1. The fraction of sp³-hybridized carbons (Fsp3) is 0.588. The molecule has 0 saturated carbocycles. The Kier molecular flexibility index (Phi) is 7.55. The fourth-order valence-corrected chi connectivity index (χ4v) is 2.70. The highest BCUT2D eigenvalue weighted by atomic mass is 32.2. The summed E-state index contributed by atoms with van der Waals surface area (Å²) in [6.07, 6.45) is 4.29. The minimum Gasteiger partial charge on any atom is -0.383 e. The van der Waals surface area contributed by atoms with Crippen LogP contribution in [-0.4, -0.2) is 31.5 Å². The van der Waals surface area contributed by atoms with Crippen LogP contribution in [-0.2, 0) is 21.5 Å². The summed E-state index contributed by atoms with van der Waals surface area (Å²) >= 11 is 0. The number of carbonyl (C=O) groups is 1. The van der Waals surface area contributed by atoms with Crippen LogP contribution in [0.1, 0.15) is 52.0 Å². The Morgan fingerprint density at radius 2 is 2.00 bits per heavy atom. The van der Waals surface area contributed by atoms with E-state index < -0.39 is 10.1 Å². The number of hydrogen-bond acceptors (Lipinski definition) is 4. The lowest BCUT2D eigenvalue weighted by molar-refractivity contribution is -0.134. The number of hydrogen-bond donors (Lipinski definition) is 0. The van der Waals surface area contributed by atoms with Gasteiger partial charge in [-0.05, 0) is 37.5 Å². The molecule has 0 spiro atoms. The van der Waals surface area contributed by atoms with E-state index in [2.05, 4.69) is 6.92 Å². The molecular weight excluding hydrogens is 314 g/mol. The van der Waals surface area contributed by atoms with Crippen molar-refractivity contribution in [1.29, 1.82) is 0 Å². The van der Waals surface area contributed by atoms with E-state index in [1.165, 1.54) is 0 Å². The summed E-state index contributed by atoms with van der Waals surface area (Å²) in [4.78, 5) is 14.3. The van der Waals surface area contributed by atoms with Crippen LogP contribution in [0.15, 0.2) is 24.3 Å². The number of carbonyl (C=O) groups excluding carboxylic acids is 1. The Morgan fingerprint density at radius 3 is 2.57 bits per heavy atom. The molecule has 5 nitrogen and oxygen atoms in total. The maximum atomic E-state index is 12.4. The second-order valence-corrected chi connectivity index (χ2v) is 7.39. The molecule has 130 valence electrons. The SMILES string of the molecule is CCCCC(=O)N(Cc1cccc(OS(C)(=O)=O)c1)C(C)CC. The molecule has 1 amide bonds. The largest absolute Gasteiger partial charge is 0.383 e. The average Bonchev–Trinajstić information content (AvgIpc) is 2.48. The van der Waals surface area contributed by atoms with Crippen molar-refractivity contribution in [1.82, 2.24) is 4.90 Å². The van der Waals surface area contributed by atoms with Gasteiger partial charge >= 0.3 is 10.1 Å². The first-order valence-electron chi connectivity index (χ1n) is 8.04. The predicted octanol–water partition coefficient (Wildman–Crippen LogP) is 3.34. The second kappa shape index (κ2) is 8.91. The van der Waals surface area contributed by atoms with Crippen molar-refractivity contribution in [2.24, 2.45) is 0 Å². The van der Waals surface area contributed by atoms with Gasteiger partial charge in [-0.15, -0.1) is 0 Å². The first kappa shape index (κ1) is 19.5. The highest BCUT2D eigenvalue weighted by Gasteiger charge is 2.19. The maximum Gasteiger partial charge on any atom is 0.306 e. The monoisotopic (exact) mass is 341 g/mol. The molecule has 6 heteroatoms. The Balaban J connectivity index is 2.90. The van der Waals surface area contributed by atoms with E-state index in [9.17, 15) is 13.2 Å². The summed E-state index contributed by atoms with van der Waals surface area (Å²) in [5.74, 6) is 0.408. The number of nitrogens with zero attached hydrogens (tertiary/aromatic N) is 1. The van der Waals surface area contributed by atoms with Crippen molar-refractivity contribution in [3.05, 3.63) is 29.8 Å². The molecule has 0 aliphatic carbocycles. The number of amides is 1. The molecule has 1 atom stereocenters.